The van der Waals surface area contributed by atoms with Gasteiger partial charge in [0, 0.05) is 15.1 Å². The zero-order chi connectivity index (χ0) is 14.6. The maximum atomic E-state index is 12.0. The Morgan fingerprint density at radius 3 is 2.63 bits per heavy atom. The molecule has 0 aliphatic carbocycles. The first kappa shape index (κ1) is 16.2. The molecule has 1 aromatic carbocycles. The number of carboxylic acid groups (broad SMARTS) is 1. The highest BCUT2D eigenvalue weighted by atomic mass is 127. The fraction of sp³-hybridized carbons (Fsp3) is 0.385. The number of amides is 1. The first-order valence-electron chi connectivity index (χ1n) is 5.70. The van der Waals surface area contributed by atoms with Gasteiger partial charge in [0.2, 0.25) is 0 Å². The Bertz CT molecular complexity index is 503. The smallest absolute Gasteiger partial charge is 0.309 e. The Morgan fingerprint density at radius 2 is 2.05 bits per heavy atom. The van der Waals surface area contributed by atoms with Gasteiger partial charge in [-0.05, 0) is 61.1 Å². The zero-order valence-electron chi connectivity index (χ0n) is 10.7. The Labute approximate surface area is 130 Å². The van der Waals surface area contributed by atoms with Crippen LogP contribution in [-0.2, 0) is 4.79 Å². The quantitative estimate of drug-likeness (QED) is 0.753. The Hall–Kier alpha value is -0.820. The minimum atomic E-state index is -0.876. The van der Waals surface area contributed by atoms with Crippen molar-refractivity contribution in [2.75, 3.05) is 6.54 Å². The van der Waals surface area contributed by atoms with Gasteiger partial charge < -0.3 is 10.4 Å². The molecule has 0 aromatic heterocycles. The third-order valence-corrected chi connectivity index (χ3v) is 3.96. The summed E-state index contributed by atoms with van der Waals surface area (Å²) in [7, 11) is 0. The van der Waals surface area contributed by atoms with E-state index < -0.39 is 11.4 Å². The molecule has 0 heterocycles. The summed E-state index contributed by atoms with van der Waals surface area (Å²) in [4.78, 5) is 22.9. The van der Waals surface area contributed by atoms with E-state index in [1.807, 2.05) is 0 Å². The highest BCUT2D eigenvalue weighted by molar-refractivity contribution is 14.1. The SMILES string of the molecule is CC(C)(CCNC(=O)c1cc(Cl)ccc1I)C(=O)O. The highest BCUT2D eigenvalue weighted by Gasteiger charge is 2.26. The topological polar surface area (TPSA) is 66.4 Å². The fourth-order valence-corrected chi connectivity index (χ4v) is 2.11. The van der Waals surface area contributed by atoms with E-state index in [1.54, 1.807) is 32.0 Å². The second kappa shape index (κ2) is 6.56. The number of carbonyl (C=O) groups excluding carboxylic acids is 1. The second-order valence-corrected chi connectivity index (χ2v) is 6.42. The molecule has 6 heteroatoms. The van der Waals surface area contributed by atoms with Gasteiger partial charge in [-0.3, -0.25) is 9.59 Å². The number of aliphatic carboxylic acids is 1. The van der Waals surface area contributed by atoms with Gasteiger partial charge >= 0.3 is 5.97 Å². The van der Waals surface area contributed by atoms with Gasteiger partial charge in [-0.2, -0.15) is 0 Å². The lowest BCUT2D eigenvalue weighted by atomic mass is 9.90. The molecule has 0 bridgehead atoms. The van der Waals surface area contributed by atoms with E-state index in [0.29, 0.717) is 23.6 Å². The molecule has 104 valence electrons. The molecular weight excluding hydrogens is 381 g/mol. The standard InChI is InChI=1S/C13H15ClINO3/c1-13(2,12(18)19)5-6-16-11(17)9-7-8(14)3-4-10(9)15/h3-4,7H,5-6H2,1-2H3,(H,16,17)(H,18,19). The third kappa shape index (κ3) is 4.65. The van der Waals surface area contributed by atoms with E-state index in [9.17, 15) is 9.59 Å². The summed E-state index contributed by atoms with van der Waals surface area (Å²) >= 11 is 7.91. The molecule has 0 radical (unpaired) electrons. The molecule has 1 aromatic rings. The van der Waals surface area contributed by atoms with Crippen LogP contribution in [-0.4, -0.2) is 23.5 Å². The number of benzene rings is 1. The minimum absolute atomic E-state index is 0.243. The fourth-order valence-electron chi connectivity index (χ4n) is 1.36. The molecule has 2 N–H and O–H groups in total. The van der Waals surface area contributed by atoms with Crippen LogP contribution in [0.1, 0.15) is 30.6 Å². The maximum Gasteiger partial charge on any atom is 0.309 e. The van der Waals surface area contributed by atoms with E-state index in [4.69, 9.17) is 16.7 Å². The molecule has 1 amide bonds. The van der Waals surface area contributed by atoms with Gasteiger partial charge in [0.1, 0.15) is 0 Å². The number of nitrogens with one attached hydrogen (secondary N) is 1. The van der Waals surface area contributed by atoms with Crippen molar-refractivity contribution >= 4 is 46.1 Å². The van der Waals surface area contributed by atoms with Crippen molar-refractivity contribution < 1.29 is 14.7 Å². The van der Waals surface area contributed by atoms with Crippen molar-refractivity contribution in [3.05, 3.63) is 32.4 Å². The van der Waals surface area contributed by atoms with Crippen molar-refractivity contribution in [1.29, 1.82) is 0 Å². The van der Waals surface area contributed by atoms with Crippen molar-refractivity contribution in [1.82, 2.24) is 5.32 Å². The summed E-state index contributed by atoms with van der Waals surface area (Å²) < 4.78 is 0.803. The van der Waals surface area contributed by atoms with Crippen LogP contribution in [0.5, 0.6) is 0 Å². The number of halogens is 2. The largest absolute Gasteiger partial charge is 0.481 e. The van der Waals surface area contributed by atoms with E-state index >= 15 is 0 Å². The van der Waals surface area contributed by atoms with Gasteiger partial charge in [-0.25, -0.2) is 0 Å². The predicted molar refractivity (Wildman–Crippen MR) is 82.5 cm³/mol. The van der Waals surface area contributed by atoms with E-state index in [2.05, 4.69) is 27.9 Å². The number of hydrogen-bond donors (Lipinski definition) is 2. The average molecular weight is 396 g/mol. The van der Waals surface area contributed by atoms with Gasteiger partial charge in [-0.15, -0.1) is 0 Å². The van der Waals surface area contributed by atoms with Crippen LogP contribution in [0.4, 0.5) is 0 Å². The van der Waals surface area contributed by atoms with Gasteiger partial charge in [0.05, 0.1) is 11.0 Å². The lowest BCUT2D eigenvalue weighted by Gasteiger charge is -2.19. The molecular formula is C13H15ClINO3. The number of carboxylic acids is 1. The number of carbonyl (C=O) groups is 2. The minimum Gasteiger partial charge on any atom is -0.481 e. The zero-order valence-corrected chi connectivity index (χ0v) is 13.6. The van der Waals surface area contributed by atoms with Crippen molar-refractivity contribution in [3.8, 4) is 0 Å². The lowest BCUT2D eigenvalue weighted by molar-refractivity contribution is -0.147. The molecule has 0 aliphatic rings. The molecule has 0 saturated carbocycles. The summed E-state index contributed by atoms with van der Waals surface area (Å²) in [5.74, 6) is -1.12. The van der Waals surface area contributed by atoms with Crippen LogP contribution in [0.3, 0.4) is 0 Å². The second-order valence-electron chi connectivity index (χ2n) is 4.82. The first-order chi connectivity index (χ1) is 8.74. The summed E-state index contributed by atoms with van der Waals surface area (Å²) in [6, 6.07) is 5.08. The lowest BCUT2D eigenvalue weighted by Crippen LogP contribution is -2.32. The van der Waals surface area contributed by atoms with Crippen LogP contribution in [0.25, 0.3) is 0 Å². The monoisotopic (exact) mass is 395 g/mol. The summed E-state index contributed by atoms with van der Waals surface area (Å²) in [5, 5.41) is 12.2. The normalized spacial score (nSPS) is 11.2. The first-order valence-corrected chi connectivity index (χ1v) is 7.16. The Morgan fingerprint density at radius 1 is 1.42 bits per heavy atom. The van der Waals surface area contributed by atoms with Gasteiger partial charge in [0.15, 0.2) is 0 Å². The molecule has 4 nitrogen and oxygen atoms in total. The molecule has 19 heavy (non-hydrogen) atoms. The molecule has 1 rings (SSSR count). The molecule has 0 atom stereocenters. The molecule has 0 fully saturated rings. The van der Waals surface area contributed by atoms with Crippen molar-refractivity contribution in [3.63, 3.8) is 0 Å². The van der Waals surface area contributed by atoms with E-state index in [0.717, 1.165) is 3.57 Å². The molecule has 0 spiro atoms. The molecule has 0 aliphatic heterocycles. The van der Waals surface area contributed by atoms with Gasteiger partial charge in [-0.1, -0.05) is 11.6 Å². The molecule has 0 saturated heterocycles. The number of rotatable bonds is 5. The number of hydrogen-bond acceptors (Lipinski definition) is 2. The predicted octanol–water partition coefficient (Wildman–Crippen LogP) is 3.18. The van der Waals surface area contributed by atoms with Gasteiger partial charge in [0.25, 0.3) is 5.91 Å². The average Bonchev–Trinajstić information content (AvgIpc) is 2.31. The molecule has 0 unspecified atom stereocenters. The van der Waals surface area contributed by atoms with E-state index in [-0.39, 0.29) is 5.91 Å². The Kier molecular flexibility index (Phi) is 5.61. The van der Waals surface area contributed by atoms with Crippen LogP contribution in [0.15, 0.2) is 18.2 Å². The Balaban J connectivity index is 2.62. The van der Waals surface area contributed by atoms with Crippen LogP contribution >= 0.6 is 34.2 Å². The summed E-state index contributed by atoms with van der Waals surface area (Å²) in [5.41, 5.74) is -0.351. The van der Waals surface area contributed by atoms with Crippen LogP contribution in [0, 0.1) is 8.99 Å². The third-order valence-electron chi connectivity index (χ3n) is 2.79. The van der Waals surface area contributed by atoms with E-state index in [1.165, 1.54) is 0 Å². The maximum absolute atomic E-state index is 12.0. The van der Waals surface area contributed by atoms with Crippen LogP contribution < -0.4 is 5.32 Å². The van der Waals surface area contributed by atoms with Crippen molar-refractivity contribution in [2.45, 2.75) is 20.3 Å². The highest BCUT2D eigenvalue weighted by Crippen LogP contribution is 2.20. The summed E-state index contributed by atoms with van der Waals surface area (Å²) in [6.07, 6.45) is 0.366. The summed E-state index contributed by atoms with van der Waals surface area (Å²) in [6.45, 7) is 3.57. The van der Waals surface area contributed by atoms with Crippen molar-refractivity contribution in [2.24, 2.45) is 5.41 Å². The van der Waals surface area contributed by atoms with Crippen LogP contribution in [0.2, 0.25) is 5.02 Å².